The molecule has 1 aliphatic rings. The van der Waals surface area contributed by atoms with E-state index in [2.05, 4.69) is 5.32 Å². The maximum Gasteiger partial charge on any atom is 0.173 e. The molecule has 0 saturated heterocycles. The normalized spacial score (nSPS) is 16.0. The van der Waals surface area contributed by atoms with Crippen LogP contribution >= 0.6 is 23.8 Å². The summed E-state index contributed by atoms with van der Waals surface area (Å²) in [5.41, 5.74) is 2.09. The maximum atomic E-state index is 13.3. The average molecular weight is 397 g/mol. The second kappa shape index (κ2) is 7.65. The SMILES string of the molecule is COc1ccc(OC)c2c1CN(C(=S)Nc1ccc(F)c(Cl)c1)C[C@H]2O. The van der Waals surface area contributed by atoms with Crippen LogP contribution in [-0.2, 0) is 6.54 Å². The van der Waals surface area contributed by atoms with Crippen molar-refractivity contribution < 1.29 is 19.0 Å². The largest absolute Gasteiger partial charge is 0.496 e. The average Bonchev–Trinajstić information content (AvgIpc) is 2.63. The summed E-state index contributed by atoms with van der Waals surface area (Å²) in [6, 6.07) is 7.84. The third kappa shape index (κ3) is 3.56. The summed E-state index contributed by atoms with van der Waals surface area (Å²) in [7, 11) is 3.14. The van der Waals surface area contributed by atoms with E-state index >= 15 is 0 Å². The number of thiocarbonyl (C=S) groups is 1. The highest BCUT2D eigenvalue weighted by Gasteiger charge is 2.30. The summed E-state index contributed by atoms with van der Waals surface area (Å²) in [6.07, 6.45) is -0.791. The Labute approximate surface area is 161 Å². The minimum atomic E-state index is -0.791. The molecule has 1 atom stereocenters. The first kappa shape index (κ1) is 18.7. The summed E-state index contributed by atoms with van der Waals surface area (Å²) >= 11 is 11.3. The molecule has 1 aliphatic heterocycles. The fourth-order valence-electron chi connectivity index (χ4n) is 3.01. The van der Waals surface area contributed by atoms with Crippen LogP contribution in [0.4, 0.5) is 10.1 Å². The molecule has 2 aromatic rings. The van der Waals surface area contributed by atoms with Gasteiger partial charge in [-0.15, -0.1) is 0 Å². The molecule has 0 bridgehead atoms. The highest BCUT2D eigenvalue weighted by Crippen LogP contribution is 2.39. The van der Waals surface area contributed by atoms with E-state index in [1.165, 1.54) is 12.1 Å². The van der Waals surface area contributed by atoms with Gasteiger partial charge >= 0.3 is 0 Å². The fourth-order valence-corrected chi connectivity index (χ4v) is 3.44. The van der Waals surface area contributed by atoms with Crippen molar-refractivity contribution in [2.75, 3.05) is 26.1 Å². The second-order valence-electron chi connectivity index (χ2n) is 5.82. The van der Waals surface area contributed by atoms with Gasteiger partial charge in [-0.2, -0.15) is 0 Å². The molecule has 5 nitrogen and oxygen atoms in total. The molecule has 0 aromatic heterocycles. The van der Waals surface area contributed by atoms with Gasteiger partial charge in [-0.25, -0.2) is 4.39 Å². The van der Waals surface area contributed by atoms with Crippen LogP contribution in [0.3, 0.4) is 0 Å². The lowest BCUT2D eigenvalue weighted by molar-refractivity contribution is 0.123. The Morgan fingerprint density at radius 3 is 2.62 bits per heavy atom. The first-order valence-corrected chi connectivity index (χ1v) is 8.66. The van der Waals surface area contributed by atoms with Crippen LogP contribution < -0.4 is 14.8 Å². The van der Waals surface area contributed by atoms with Crippen LogP contribution in [0.25, 0.3) is 0 Å². The van der Waals surface area contributed by atoms with Crippen LogP contribution in [0.5, 0.6) is 11.5 Å². The smallest absolute Gasteiger partial charge is 0.173 e. The van der Waals surface area contributed by atoms with Crippen molar-refractivity contribution in [2.24, 2.45) is 0 Å². The number of halogens is 2. The van der Waals surface area contributed by atoms with Gasteiger partial charge in [0.25, 0.3) is 0 Å². The van der Waals surface area contributed by atoms with Crippen molar-refractivity contribution in [3.05, 3.63) is 52.3 Å². The number of aliphatic hydroxyl groups is 1. The zero-order valence-corrected chi connectivity index (χ0v) is 15.8. The third-order valence-corrected chi connectivity index (χ3v) is 4.90. The first-order chi connectivity index (χ1) is 12.4. The second-order valence-corrected chi connectivity index (χ2v) is 6.61. The molecule has 1 heterocycles. The van der Waals surface area contributed by atoms with Crippen molar-refractivity contribution >= 4 is 34.6 Å². The number of hydrogen-bond donors (Lipinski definition) is 2. The topological polar surface area (TPSA) is 54.0 Å². The Bertz CT molecular complexity index is 849. The number of benzene rings is 2. The van der Waals surface area contributed by atoms with Gasteiger partial charge in [0.1, 0.15) is 23.4 Å². The van der Waals surface area contributed by atoms with Gasteiger partial charge in [-0.3, -0.25) is 0 Å². The molecule has 2 aromatic carbocycles. The van der Waals surface area contributed by atoms with E-state index in [1.807, 2.05) is 4.90 Å². The summed E-state index contributed by atoms with van der Waals surface area (Å²) in [6.45, 7) is 0.727. The molecule has 8 heteroatoms. The predicted molar refractivity (Wildman–Crippen MR) is 103 cm³/mol. The quantitative estimate of drug-likeness (QED) is 0.771. The van der Waals surface area contributed by atoms with E-state index in [4.69, 9.17) is 33.3 Å². The standard InChI is InChI=1S/C18H18ClFN2O3S/c1-24-15-5-6-16(25-2)17-11(15)8-22(9-14(17)23)18(26)21-10-3-4-13(20)12(19)7-10/h3-7,14,23H,8-9H2,1-2H3,(H,21,26)/t14-/m1/s1. The van der Waals surface area contributed by atoms with Gasteiger partial charge < -0.3 is 24.8 Å². The number of aliphatic hydroxyl groups excluding tert-OH is 1. The zero-order chi connectivity index (χ0) is 18.8. The number of anilines is 1. The highest BCUT2D eigenvalue weighted by molar-refractivity contribution is 7.80. The van der Waals surface area contributed by atoms with E-state index in [0.29, 0.717) is 34.4 Å². The number of hydrogen-bond acceptors (Lipinski definition) is 4. The van der Waals surface area contributed by atoms with Gasteiger partial charge in [0, 0.05) is 23.4 Å². The van der Waals surface area contributed by atoms with E-state index in [1.54, 1.807) is 32.4 Å². The van der Waals surface area contributed by atoms with Gasteiger partial charge in [0.05, 0.1) is 25.8 Å². The van der Waals surface area contributed by atoms with Crippen molar-refractivity contribution in [3.63, 3.8) is 0 Å². The minimum absolute atomic E-state index is 0.00762. The van der Waals surface area contributed by atoms with Crippen LogP contribution in [0.2, 0.25) is 5.02 Å². The Balaban J connectivity index is 1.85. The molecule has 0 radical (unpaired) electrons. The third-order valence-electron chi connectivity index (χ3n) is 4.25. The van der Waals surface area contributed by atoms with Gasteiger partial charge in [0.15, 0.2) is 5.11 Å². The summed E-state index contributed by atoms with van der Waals surface area (Å²) in [4.78, 5) is 1.81. The molecule has 0 aliphatic carbocycles. The van der Waals surface area contributed by atoms with Crippen LogP contribution in [-0.4, -0.2) is 35.9 Å². The van der Waals surface area contributed by atoms with Gasteiger partial charge in [-0.1, -0.05) is 11.6 Å². The first-order valence-electron chi connectivity index (χ1n) is 7.87. The van der Waals surface area contributed by atoms with Crippen LogP contribution in [0, 0.1) is 5.82 Å². The Hall–Kier alpha value is -2.09. The number of rotatable bonds is 3. The van der Waals surface area contributed by atoms with Crippen molar-refractivity contribution in [3.8, 4) is 11.5 Å². The number of methoxy groups -OCH3 is 2. The highest BCUT2D eigenvalue weighted by atomic mass is 35.5. The summed E-state index contributed by atoms with van der Waals surface area (Å²) in [5, 5.41) is 14.0. The van der Waals surface area contributed by atoms with E-state index in [0.717, 1.165) is 5.56 Å². The monoisotopic (exact) mass is 396 g/mol. The van der Waals surface area contributed by atoms with E-state index < -0.39 is 11.9 Å². The van der Waals surface area contributed by atoms with Crippen LogP contribution in [0.15, 0.2) is 30.3 Å². The summed E-state index contributed by atoms with van der Waals surface area (Å²) in [5.74, 6) is 0.761. The lowest BCUT2D eigenvalue weighted by Crippen LogP contribution is -2.41. The number of nitrogens with one attached hydrogen (secondary N) is 1. The predicted octanol–water partition coefficient (Wildman–Crippen LogP) is 3.74. The van der Waals surface area contributed by atoms with Crippen molar-refractivity contribution in [1.82, 2.24) is 4.90 Å². The fraction of sp³-hybridized carbons (Fsp3) is 0.278. The van der Waals surface area contributed by atoms with Crippen molar-refractivity contribution in [2.45, 2.75) is 12.6 Å². The molecule has 3 rings (SSSR count). The minimum Gasteiger partial charge on any atom is -0.496 e. The van der Waals surface area contributed by atoms with Gasteiger partial charge in [0.2, 0.25) is 0 Å². The Kier molecular flexibility index (Phi) is 5.50. The van der Waals surface area contributed by atoms with E-state index in [9.17, 15) is 9.50 Å². The lowest BCUT2D eigenvalue weighted by Gasteiger charge is -2.35. The number of ether oxygens (including phenoxy) is 2. The molecule has 138 valence electrons. The number of fused-ring (bicyclic) bond motifs is 1. The van der Waals surface area contributed by atoms with Crippen LogP contribution in [0.1, 0.15) is 17.2 Å². The van der Waals surface area contributed by atoms with Gasteiger partial charge in [-0.05, 0) is 42.5 Å². The molecular formula is C18H18ClFN2O3S. The molecule has 0 fully saturated rings. The Morgan fingerprint density at radius 2 is 1.96 bits per heavy atom. The molecule has 26 heavy (non-hydrogen) atoms. The molecular weight excluding hydrogens is 379 g/mol. The molecule has 2 N–H and O–H groups in total. The zero-order valence-electron chi connectivity index (χ0n) is 14.3. The molecule has 0 spiro atoms. The number of β-amino-alcohol motifs (C(OH)–C–C–N with tert-alkyl or cyclic N) is 1. The number of nitrogens with zero attached hydrogens (tertiary/aromatic N) is 1. The molecule has 0 saturated carbocycles. The molecule has 0 amide bonds. The Morgan fingerprint density at radius 1 is 1.27 bits per heavy atom. The summed E-state index contributed by atoms with van der Waals surface area (Å²) < 4.78 is 24.1. The maximum absolute atomic E-state index is 13.3. The van der Waals surface area contributed by atoms with Crippen molar-refractivity contribution in [1.29, 1.82) is 0 Å². The molecule has 0 unspecified atom stereocenters. The van der Waals surface area contributed by atoms with E-state index in [-0.39, 0.29) is 11.6 Å². The lowest BCUT2D eigenvalue weighted by atomic mass is 9.95.